The number of nitrogens with zero attached hydrogens (tertiary/aromatic N) is 2. The fourth-order valence-corrected chi connectivity index (χ4v) is 6.59. The molecule has 0 unspecified atom stereocenters. The second-order valence-electron chi connectivity index (χ2n) is 9.67. The molecule has 34 heavy (non-hydrogen) atoms. The third-order valence-electron chi connectivity index (χ3n) is 6.98. The lowest BCUT2D eigenvalue weighted by Gasteiger charge is -2.33. The van der Waals surface area contributed by atoms with Crippen LogP contribution in [0.5, 0.6) is 0 Å². The first kappa shape index (κ1) is 25.0. The largest absolute Gasteiger partial charge is 0.371 e. The van der Waals surface area contributed by atoms with Crippen LogP contribution in [0.1, 0.15) is 51.1 Å². The number of sulfonamides is 1. The van der Waals surface area contributed by atoms with E-state index in [1.165, 1.54) is 35.0 Å². The van der Waals surface area contributed by atoms with E-state index in [-0.39, 0.29) is 29.3 Å². The van der Waals surface area contributed by atoms with Crippen molar-refractivity contribution in [2.45, 2.75) is 50.5 Å². The molecule has 2 aromatic carbocycles. The molecule has 2 saturated heterocycles. The minimum absolute atomic E-state index is 0.0996. The number of hydrogen-bond acceptors (Lipinski definition) is 4. The number of amides is 1. The number of halogens is 1. The van der Waals surface area contributed by atoms with Gasteiger partial charge in [0.25, 0.3) is 0 Å². The van der Waals surface area contributed by atoms with Gasteiger partial charge in [-0.25, -0.2) is 8.42 Å². The highest BCUT2D eigenvalue weighted by molar-refractivity contribution is 7.89. The molecule has 0 radical (unpaired) electrons. The number of anilines is 1. The maximum Gasteiger partial charge on any atom is 0.243 e. The summed E-state index contributed by atoms with van der Waals surface area (Å²) < 4.78 is 27.5. The normalized spacial score (nSPS) is 22.9. The number of carbonyl (C=O) groups is 1. The van der Waals surface area contributed by atoms with Crippen LogP contribution < -0.4 is 10.2 Å². The van der Waals surface area contributed by atoms with Crippen molar-refractivity contribution in [2.24, 2.45) is 11.8 Å². The zero-order valence-electron chi connectivity index (χ0n) is 19.9. The minimum Gasteiger partial charge on any atom is -0.371 e. The summed E-state index contributed by atoms with van der Waals surface area (Å²) in [5.41, 5.74) is 2.27. The summed E-state index contributed by atoms with van der Waals surface area (Å²) in [7, 11) is -3.66. The van der Waals surface area contributed by atoms with E-state index in [1.807, 2.05) is 6.92 Å². The average molecular weight is 504 g/mol. The van der Waals surface area contributed by atoms with Gasteiger partial charge in [-0.05, 0) is 80.5 Å². The van der Waals surface area contributed by atoms with Gasteiger partial charge in [0.1, 0.15) is 0 Å². The summed E-state index contributed by atoms with van der Waals surface area (Å²) in [4.78, 5) is 15.7. The Balaban J connectivity index is 1.36. The molecule has 2 fully saturated rings. The second-order valence-corrected chi connectivity index (χ2v) is 12.0. The van der Waals surface area contributed by atoms with E-state index in [9.17, 15) is 13.2 Å². The summed E-state index contributed by atoms with van der Waals surface area (Å²) in [6, 6.07) is 14.5. The van der Waals surface area contributed by atoms with Crippen molar-refractivity contribution in [1.82, 2.24) is 9.62 Å². The lowest BCUT2D eigenvalue weighted by atomic mass is 9.97. The average Bonchev–Trinajstić information content (AvgIpc) is 2.84. The molecule has 0 aromatic heterocycles. The second kappa shape index (κ2) is 10.7. The van der Waals surface area contributed by atoms with Crippen LogP contribution in [0.4, 0.5) is 5.69 Å². The van der Waals surface area contributed by atoms with Crippen molar-refractivity contribution in [3.8, 4) is 0 Å². The molecule has 6 nitrogen and oxygen atoms in total. The Hall–Kier alpha value is -2.09. The molecular formula is C26H34ClN3O3S. The van der Waals surface area contributed by atoms with Crippen molar-refractivity contribution >= 4 is 33.2 Å². The van der Waals surface area contributed by atoms with Gasteiger partial charge in [0, 0.05) is 36.9 Å². The standard InChI is InChI=1S/C26H34ClN3O3S/c1-19-5-3-15-29(17-19)24-11-7-21(8-12-24)20(2)28-26(31)22-6-4-16-30(18-22)34(32,33)25-13-9-23(27)10-14-25/h7-14,19-20,22H,3-6,15-18H2,1-2H3,(H,28,31)/t19-,20+,22-/m1/s1. The quantitative estimate of drug-likeness (QED) is 0.611. The molecule has 0 aliphatic carbocycles. The van der Waals surface area contributed by atoms with Gasteiger partial charge < -0.3 is 10.2 Å². The van der Waals surface area contributed by atoms with E-state index in [0.29, 0.717) is 30.3 Å². The van der Waals surface area contributed by atoms with Gasteiger partial charge in [0.15, 0.2) is 0 Å². The van der Waals surface area contributed by atoms with Crippen LogP contribution in [0.25, 0.3) is 0 Å². The first-order valence-corrected chi connectivity index (χ1v) is 14.0. The highest BCUT2D eigenvalue weighted by Crippen LogP contribution is 2.27. The highest BCUT2D eigenvalue weighted by Gasteiger charge is 2.33. The summed E-state index contributed by atoms with van der Waals surface area (Å²) in [6.45, 7) is 7.05. The highest BCUT2D eigenvalue weighted by atomic mass is 35.5. The Morgan fingerprint density at radius 1 is 1.00 bits per heavy atom. The molecule has 2 heterocycles. The number of piperidine rings is 2. The molecule has 0 spiro atoms. The van der Waals surface area contributed by atoms with Gasteiger partial charge in [-0.15, -0.1) is 0 Å². The zero-order chi connectivity index (χ0) is 24.3. The Bertz CT molecular complexity index is 1090. The zero-order valence-corrected chi connectivity index (χ0v) is 21.5. The molecule has 1 N–H and O–H groups in total. The predicted octanol–water partition coefficient (Wildman–Crippen LogP) is 4.85. The van der Waals surface area contributed by atoms with Gasteiger partial charge >= 0.3 is 0 Å². The van der Waals surface area contributed by atoms with Gasteiger partial charge in [-0.3, -0.25) is 4.79 Å². The van der Waals surface area contributed by atoms with Crippen molar-refractivity contribution in [1.29, 1.82) is 0 Å². The van der Waals surface area contributed by atoms with Crippen LogP contribution in [0.2, 0.25) is 5.02 Å². The van der Waals surface area contributed by atoms with E-state index < -0.39 is 10.0 Å². The van der Waals surface area contributed by atoms with Crippen LogP contribution in [0, 0.1) is 11.8 Å². The van der Waals surface area contributed by atoms with E-state index >= 15 is 0 Å². The van der Waals surface area contributed by atoms with Gasteiger partial charge in [0.2, 0.25) is 15.9 Å². The minimum atomic E-state index is -3.66. The molecular weight excluding hydrogens is 470 g/mol. The molecule has 1 amide bonds. The van der Waals surface area contributed by atoms with Crippen LogP contribution in [-0.4, -0.2) is 44.8 Å². The maximum atomic E-state index is 13.0. The molecule has 3 atom stereocenters. The summed E-state index contributed by atoms with van der Waals surface area (Å²) >= 11 is 5.90. The molecule has 8 heteroatoms. The van der Waals surface area contributed by atoms with E-state index in [0.717, 1.165) is 18.7 Å². The van der Waals surface area contributed by atoms with Gasteiger partial charge in [-0.2, -0.15) is 4.31 Å². The number of benzene rings is 2. The maximum absolute atomic E-state index is 13.0. The Morgan fingerprint density at radius 2 is 1.68 bits per heavy atom. The van der Waals surface area contributed by atoms with Crippen LogP contribution in [0.3, 0.4) is 0 Å². The van der Waals surface area contributed by atoms with E-state index in [2.05, 4.69) is 41.4 Å². The summed E-state index contributed by atoms with van der Waals surface area (Å²) in [6.07, 6.45) is 3.85. The molecule has 184 valence electrons. The van der Waals surface area contributed by atoms with E-state index in [1.54, 1.807) is 12.1 Å². The first-order valence-electron chi connectivity index (χ1n) is 12.1. The third-order valence-corrected chi connectivity index (χ3v) is 9.11. The van der Waals surface area contributed by atoms with Gasteiger partial charge in [-0.1, -0.05) is 30.7 Å². The number of nitrogens with one attached hydrogen (secondary N) is 1. The Kier molecular flexibility index (Phi) is 7.85. The lowest BCUT2D eigenvalue weighted by molar-refractivity contribution is -0.126. The monoisotopic (exact) mass is 503 g/mol. The first-order chi connectivity index (χ1) is 16.2. The Labute approximate surface area is 208 Å². The molecule has 0 saturated carbocycles. The molecule has 0 bridgehead atoms. The summed E-state index contributed by atoms with van der Waals surface area (Å²) in [5.74, 6) is 0.245. The summed E-state index contributed by atoms with van der Waals surface area (Å²) in [5, 5.41) is 3.59. The number of carbonyl (C=O) groups excluding carboxylic acids is 1. The smallest absolute Gasteiger partial charge is 0.243 e. The van der Waals surface area contributed by atoms with Crippen molar-refractivity contribution in [3.63, 3.8) is 0 Å². The SMILES string of the molecule is C[C@@H]1CCCN(c2ccc([C@H](C)NC(=O)[C@@H]3CCCN(S(=O)(=O)c4ccc(Cl)cc4)C3)cc2)C1. The number of rotatable bonds is 6. The number of hydrogen-bond donors (Lipinski definition) is 1. The third kappa shape index (κ3) is 5.75. The van der Waals surface area contributed by atoms with Crippen LogP contribution in [-0.2, 0) is 14.8 Å². The van der Waals surface area contributed by atoms with Crippen LogP contribution in [0.15, 0.2) is 53.4 Å². The molecule has 2 aliphatic heterocycles. The van der Waals surface area contributed by atoms with Crippen molar-refractivity contribution in [2.75, 3.05) is 31.1 Å². The fraction of sp³-hybridized carbons (Fsp3) is 0.500. The molecule has 2 aromatic rings. The van der Waals surface area contributed by atoms with Gasteiger partial charge in [0.05, 0.1) is 16.9 Å². The predicted molar refractivity (Wildman–Crippen MR) is 137 cm³/mol. The van der Waals surface area contributed by atoms with Crippen LogP contribution >= 0.6 is 11.6 Å². The lowest BCUT2D eigenvalue weighted by Crippen LogP contribution is -2.45. The Morgan fingerprint density at radius 3 is 2.35 bits per heavy atom. The molecule has 2 aliphatic rings. The van der Waals surface area contributed by atoms with Crippen molar-refractivity contribution in [3.05, 3.63) is 59.1 Å². The fourth-order valence-electron chi connectivity index (χ4n) is 4.94. The topological polar surface area (TPSA) is 69.7 Å². The molecule has 4 rings (SSSR count). The van der Waals surface area contributed by atoms with Crippen molar-refractivity contribution < 1.29 is 13.2 Å². The van der Waals surface area contributed by atoms with E-state index in [4.69, 9.17) is 11.6 Å².